The molecule has 16 heavy (non-hydrogen) atoms. The van der Waals surface area contributed by atoms with Gasteiger partial charge in [-0.15, -0.1) is 0 Å². The Morgan fingerprint density at radius 1 is 1.44 bits per heavy atom. The van der Waals surface area contributed by atoms with Crippen LogP contribution in [0.4, 0.5) is 0 Å². The molecule has 4 heteroatoms. The predicted molar refractivity (Wildman–Crippen MR) is 60.9 cm³/mol. The second kappa shape index (κ2) is 4.49. The Labute approximate surface area is 92.9 Å². The fourth-order valence-electron chi connectivity index (χ4n) is 1.59. The number of fused-ring (bicyclic) bond motifs is 1. The summed E-state index contributed by atoms with van der Waals surface area (Å²) in [6.07, 6.45) is 2.01. The minimum Gasteiger partial charge on any atom is -0.360 e. The highest BCUT2D eigenvalue weighted by Crippen LogP contribution is 2.17. The zero-order valence-corrected chi connectivity index (χ0v) is 8.66. The Bertz CT molecular complexity index is 551. The van der Waals surface area contributed by atoms with Crippen molar-refractivity contribution in [3.8, 4) is 6.07 Å². The second-order valence-corrected chi connectivity index (χ2v) is 3.41. The van der Waals surface area contributed by atoms with Gasteiger partial charge < -0.3 is 10.3 Å². The van der Waals surface area contributed by atoms with Gasteiger partial charge in [0.1, 0.15) is 0 Å². The number of aromatic amines is 1. The Morgan fingerprint density at radius 2 is 2.25 bits per heavy atom. The molecule has 0 saturated heterocycles. The van der Waals surface area contributed by atoms with Gasteiger partial charge in [-0.25, -0.2) is 0 Å². The van der Waals surface area contributed by atoms with Crippen molar-refractivity contribution >= 4 is 16.8 Å². The number of hydrogen-bond acceptors (Lipinski definition) is 2. The molecule has 0 aliphatic carbocycles. The number of nitrogens with one attached hydrogen (secondary N) is 2. The van der Waals surface area contributed by atoms with Gasteiger partial charge in [0.2, 0.25) is 0 Å². The minimum atomic E-state index is -0.146. The van der Waals surface area contributed by atoms with E-state index in [0.717, 1.165) is 10.9 Å². The highest BCUT2D eigenvalue weighted by atomic mass is 16.1. The van der Waals surface area contributed by atoms with Crippen LogP contribution in [-0.2, 0) is 0 Å². The van der Waals surface area contributed by atoms with Crippen LogP contribution in [0.2, 0.25) is 0 Å². The third kappa shape index (κ3) is 1.89. The molecule has 2 N–H and O–H groups in total. The number of H-pyrrole nitrogens is 1. The van der Waals surface area contributed by atoms with Crippen molar-refractivity contribution in [1.29, 1.82) is 5.26 Å². The van der Waals surface area contributed by atoms with E-state index >= 15 is 0 Å². The average Bonchev–Trinajstić information content (AvgIpc) is 2.73. The van der Waals surface area contributed by atoms with Crippen molar-refractivity contribution in [3.63, 3.8) is 0 Å². The number of aromatic nitrogens is 1. The fourth-order valence-corrected chi connectivity index (χ4v) is 1.59. The number of carbonyl (C=O) groups is 1. The first-order valence-corrected chi connectivity index (χ1v) is 5.04. The lowest BCUT2D eigenvalue weighted by molar-refractivity contribution is 0.0956. The van der Waals surface area contributed by atoms with Gasteiger partial charge in [-0.1, -0.05) is 18.2 Å². The van der Waals surface area contributed by atoms with E-state index in [1.165, 1.54) is 0 Å². The molecule has 0 atom stereocenters. The highest BCUT2D eigenvalue weighted by Gasteiger charge is 2.10. The normalized spacial score (nSPS) is 9.94. The number of nitrogens with zero attached hydrogens (tertiary/aromatic N) is 1. The van der Waals surface area contributed by atoms with Crippen LogP contribution in [0.3, 0.4) is 0 Å². The van der Waals surface area contributed by atoms with Crippen molar-refractivity contribution in [3.05, 3.63) is 36.0 Å². The summed E-state index contributed by atoms with van der Waals surface area (Å²) >= 11 is 0. The van der Waals surface area contributed by atoms with Crippen LogP contribution in [0.25, 0.3) is 10.9 Å². The lowest BCUT2D eigenvalue weighted by atomic mass is 10.1. The molecular weight excluding hydrogens is 202 g/mol. The molecule has 0 bridgehead atoms. The number of rotatable bonds is 3. The molecule has 4 nitrogen and oxygen atoms in total. The predicted octanol–water partition coefficient (Wildman–Crippen LogP) is 1.81. The third-order valence-corrected chi connectivity index (χ3v) is 2.36. The van der Waals surface area contributed by atoms with Gasteiger partial charge in [0.15, 0.2) is 0 Å². The molecule has 80 valence electrons. The first kappa shape index (κ1) is 10.2. The first-order valence-electron chi connectivity index (χ1n) is 5.04. The summed E-state index contributed by atoms with van der Waals surface area (Å²) in [4.78, 5) is 14.8. The van der Waals surface area contributed by atoms with Crippen LogP contribution in [0.5, 0.6) is 0 Å². The molecule has 1 aromatic carbocycles. The monoisotopic (exact) mass is 213 g/mol. The van der Waals surface area contributed by atoms with E-state index < -0.39 is 0 Å². The number of nitriles is 1. The number of hydrogen-bond donors (Lipinski definition) is 2. The quantitative estimate of drug-likeness (QED) is 0.763. The lowest BCUT2D eigenvalue weighted by Crippen LogP contribution is -2.23. The van der Waals surface area contributed by atoms with Crippen LogP contribution in [0.15, 0.2) is 30.5 Å². The van der Waals surface area contributed by atoms with Crippen molar-refractivity contribution < 1.29 is 4.79 Å². The zero-order chi connectivity index (χ0) is 11.4. The standard InChI is InChI=1S/C12H11N3O/c13-6-3-7-14-12(16)10-8-15-11-5-2-1-4-9(10)11/h1-2,4-5,8,15H,3,7H2,(H,14,16). The summed E-state index contributed by atoms with van der Waals surface area (Å²) in [5.74, 6) is -0.146. The zero-order valence-electron chi connectivity index (χ0n) is 8.66. The molecule has 0 spiro atoms. The summed E-state index contributed by atoms with van der Waals surface area (Å²) in [6, 6.07) is 9.60. The molecule has 0 radical (unpaired) electrons. The maximum Gasteiger partial charge on any atom is 0.253 e. The minimum absolute atomic E-state index is 0.146. The molecule has 2 rings (SSSR count). The number of carbonyl (C=O) groups excluding carboxylic acids is 1. The topological polar surface area (TPSA) is 68.7 Å². The van der Waals surface area contributed by atoms with Crippen LogP contribution in [0.1, 0.15) is 16.8 Å². The summed E-state index contributed by atoms with van der Waals surface area (Å²) < 4.78 is 0. The van der Waals surface area contributed by atoms with Crippen molar-refractivity contribution in [1.82, 2.24) is 10.3 Å². The molecule has 0 saturated carbocycles. The molecule has 0 aliphatic rings. The van der Waals surface area contributed by atoms with Gasteiger partial charge >= 0.3 is 0 Å². The fraction of sp³-hybridized carbons (Fsp3) is 0.167. The van der Waals surface area contributed by atoms with E-state index in [4.69, 9.17) is 5.26 Å². The van der Waals surface area contributed by atoms with E-state index in [-0.39, 0.29) is 5.91 Å². The van der Waals surface area contributed by atoms with E-state index in [1.54, 1.807) is 6.20 Å². The summed E-state index contributed by atoms with van der Waals surface area (Å²) in [6.45, 7) is 0.384. The SMILES string of the molecule is N#CCCNC(=O)c1c[nH]c2ccccc12. The van der Waals surface area contributed by atoms with Gasteiger partial charge in [-0.3, -0.25) is 4.79 Å². The lowest BCUT2D eigenvalue weighted by Gasteiger charge is -2.00. The molecule has 2 aromatic rings. The number of amides is 1. The van der Waals surface area contributed by atoms with E-state index in [9.17, 15) is 4.79 Å². The Kier molecular flexibility index (Phi) is 2.88. The van der Waals surface area contributed by atoms with E-state index in [2.05, 4.69) is 10.3 Å². The van der Waals surface area contributed by atoms with Crippen molar-refractivity contribution in [2.24, 2.45) is 0 Å². The van der Waals surface area contributed by atoms with Gasteiger partial charge in [-0.2, -0.15) is 5.26 Å². The molecule has 0 aliphatic heterocycles. The summed E-state index contributed by atoms with van der Waals surface area (Å²) in [5, 5.41) is 12.0. The van der Waals surface area contributed by atoms with Crippen LogP contribution in [0, 0.1) is 11.3 Å². The molecular formula is C12H11N3O. The Balaban J connectivity index is 2.20. The average molecular weight is 213 g/mol. The molecule has 1 heterocycles. The van der Waals surface area contributed by atoms with Gasteiger partial charge in [0.25, 0.3) is 5.91 Å². The van der Waals surface area contributed by atoms with Gasteiger partial charge in [0.05, 0.1) is 18.1 Å². The highest BCUT2D eigenvalue weighted by molar-refractivity contribution is 6.06. The Morgan fingerprint density at radius 3 is 3.06 bits per heavy atom. The van der Waals surface area contributed by atoms with Crippen LogP contribution in [-0.4, -0.2) is 17.4 Å². The maximum absolute atomic E-state index is 11.8. The van der Waals surface area contributed by atoms with E-state index in [0.29, 0.717) is 18.5 Å². The van der Waals surface area contributed by atoms with Crippen molar-refractivity contribution in [2.45, 2.75) is 6.42 Å². The van der Waals surface area contributed by atoms with E-state index in [1.807, 2.05) is 30.3 Å². The summed E-state index contributed by atoms with van der Waals surface area (Å²) in [5.41, 5.74) is 1.56. The molecule has 0 unspecified atom stereocenters. The first-order chi connectivity index (χ1) is 7.83. The smallest absolute Gasteiger partial charge is 0.253 e. The second-order valence-electron chi connectivity index (χ2n) is 3.41. The number of para-hydroxylation sites is 1. The molecule has 1 amide bonds. The Hall–Kier alpha value is -2.28. The van der Waals surface area contributed by atoms with Gasteiger partial charge in [0, 0.05) is 23.6 Å². The van der Waals surface area contributed by atoms with Crippen molar-refractivity contribution in [2.75, 3.05) is 6.54 Å². The van der Waals surface area contributed by atoms with Crippen LogP contribution >= 0.6 is 0 Å². The van der Waals surface area contributed by atoms with Gasteiger partial charge in [-0.05, 0) is 6.07 Å². The summed E-state index contributed by atoms with van der Waals surface area (Å²) in [7, 11) is 0. The number of benzene rings is 1. The maximum atomic E-state index is 11.8. The largest absolute Gasteiger partial charge is 0.360 e. The third-order valence-electron chi connectivity index (χ3n) is 2.36. The van der Waals surface area contributed by atoms with Crippen LogP contribution < -0.4 is 5.32 Å². The molecule has 1 aromatic heterocycles. The molecule has 0 fully saturated rings.